The minimum Gasteiger partial charge on any atom is -0.293 e. The van der Waals surface area contributed by atoms with Gasteiger partial charge in [0.25, 0.3) is 0 Å². The molecule has 4 heteroatoms. The van der Waals surface area contributed by atoms with E-state index in [-0.39, 0.29) is 17.9 Å². The molecule has 1 aromatic carbocycles. The van der Waals surface area contributed by atoms with Gasteiger partial charge in [-0.3, -0.25) is 4.90 Å². The van der Waals surface area contributed by atoms with Crippen molar-refractivity contribution in [1.29, 1.82) is 0 Å². The number of nitrogens with zero attached hydrogens (tertiary/aromatic N) is 1. The van der Waals surface area contributed by atoms with Crippen molar-refractivity contribution in [1.82, 2.24) is 4.90 Å². The summed E-state index contributed by atoms with van der Waals surface area (Å²) in [4.78, 5) is 2.44. The number of rotatable bonds is 4. The normalized spacial score (nSPS) is 11.8. The third-order valence-electron chi connectivity index (χ3n) is 3.23. The lowest BCUT2D eigenvalue weighted by Crippen LogP contribution is -2.41. The molecule has 0 fully saturated rings. The van der Waals surface area contributed by atoms with E-state index in [1.807, 2.05) is 11.3 Å². The SMILES string of the molecule is CC(C)(C)N(CCCl)Cc1csc2ccccc12.Cl. The van der Waals surface area contributed by atoms with Crippen molar-refractivity contribution < 1.29 is 0 Å². The van der Waals surface area contributed by atoms with E-state index < -0.39 is 0 Å². The number of alkyl halides is 1. The molecule has 1 heterocycles. The maximum atomic E-state index is 5.92. The van der Waals surface area contributed by atoms with Crippen LogP contribution in [0.15, 0.2) is 29.6 Å². The van der Waals surface area contributed by atoms with Crippen molar-refractivity contribution in [2.75, 3.05) is 12.4 Å². The second-order valence-electron chi connectivity index (χ2n) is 5.54. The van der Waals surface area contributed by atoms with Crippen molar-refractivity contribution in [2.45, 2.75) is 32.9 Å². The molecule has 106 valence electrons. The Balaban J connectivity index is 0.00000180. The summed E-state index contributed by atoms with van der Waals surface area (Å²) < 4.78 is 1.37. The highest BCUT2D eigenvalue weighted by atomic mass is 35.5. The van der Waals surface area contributed by atoms with Crippen LogP contribution < -0.4 is 0 Å². The minimum atomic E-state index is 0. The van der Waals surface area contributed by atoms with Crippen LogP contribution in [0.2, 0.25) is 0 Å². The molecular formula is C15H21Cl2NS. The van der Waals surface area contributed by atoms with Gasteiger partial charge in [0.2, 0.25) is 0 Å². The van der Waals surface area contributed by atoms with Crippen LogP contribution in [0.4, 0.5) is 0 Å². The zero-order chi connectivity index (χ0) is 13.2. The minimum absolute atomic E-state index is 0. The average Bonchev–Trinajstić information content (AvgIpc) is 2.71. The predicted octanol–water partition coefficient (Wildman–Crippen LogP) is 5.16. The zero-order valence-corrected chi connectivity index (χ0v) is 14.0. The Labute approximate surface area is 131 Å². The van der Waals surface area contributed by atoms with Crippen molar-refractivity contribution in [3.8, 4) is 0 Å². The highest BCUT2D eigenvalue weighted by molar-refractivity contribution is 7.17. The van der Waals surface area contributed by atoms with Gasteiger partial charge in [0.1, 0.15) is 0 Å². The van der Waals surface area contributed by atoms with E-state index in [2.05, 4.69) is 55.3 Å². The molecule has 0 aliphatic heterocycles. The van der Waals surface area contributed by atoms with Gasteiger partial charge in [-0.2, -0.15) is 0 Å². The lowest BCUT2D eigenvalue weighted by molar-refractivity contribution is 0.138. The molecule has 0 N–H and O–H groups in total. The van der Waals surface area contributed by atoms with Gasteiger partial charge in [0.15, 0.2) is 0 Å². The highest BCUT2D eigenvalue weighted by Crippen LogP contribution is 2.28. The molecule has 0 atom stereocenters. The number of hydrogen-bond acceptors (Lipinski definition) is 2. The molecule has 2 rings (SSSR count). The lowest BCUT2D eigenvalue weighted by atomic mass is 10.0. The predicted molar refractivity (Wildman–Crippen MR) is 90.0 cm³/mol. The fourth-order valence-electron chi connectivity index (χ4n) is 2.11. The van der Waals surface area contributed by atoms with Crippen LogP contribution in [-0.2, 0) is 6.54 Å². The first kappa shape index (κ1) is 16.8. The lowest BCUT2D eigenvalue weighted by Gasteiger charge is -2.35. The van der Waals surface area contributed by atoms with E-state index in [9.17, 15) is 0 Å². The number of benzene rings is 1. The molecule has 0 aliphatic carbocycles. The molecule has 1 nitrogen and oxygen atoms in total. The average molecular weight is 318 g/mol. The molecule has 0 spiro atoms. The molecule has 0 unspecified atom stereocenters. The second kappa shape index (κ2) is 6.94. The van der Waals surface area contributed by atoms with Crippen LogP contribution in [0.25, 0.3) is 10.1 Å². The van der Waals surface area contributed by atoms with Gasteiger partial charge in [-0.25, -0.2) is 0 Å². The van der Waals surface area contributed by atoms with Crippen LogP contribution in [0, 0.1) is 0 Å². The fraction of sp³-hybridized carbons (Fsp3) is 0.467. The first-order valence-electron chi connectivity index (χ1n) is 6.28. The topological polar surface area (TPSA) is 3.24 Å². The van der Waals surface area contributed by atoms with Gasteiger partial charge in [0.05, 0.1) is 0 Å². The molecule has 0 radical (unpaired) electrons. The van der Waals surface area contributed by atoms with Crippen LogP contribution in [-0.4, -0.2) is 22.9 Å². The van der Waals surface area contributed by atoms with Crippen molar-refractivity contribution >= 4 is 45.4 Å². The van der Waals surface area contributed by atoms with E-state index in [0.29, 0.717) is 5.88 Å². The first-order chi connectivity index (χ1) is 8.52. The van der Waals surface area contributed by atoms with Crippen LogP contribution in [0.3, 0.4) is 0 Å². The Kier molecular flexibility index (Phi) is 6.13. The summed E-state index contributed by atoms with van der Waals surface area (Å²) in [7, 11) is 0. The summed E-state index contributed by atoms with van der Waals surface area (Å²) in [5.41, 5.74) is 1.56. The van der Waals surface area contributed by atoms with Crippen LogP contribution >= 0.6 is 35.3 Å². The van der Waals surface area contributed by atoms with Gasteiger partial charge >= 0.3 is 0 Å². The number of hydrogen-bond donors (Lipinski definition) is 0. The third kappa shape index (κ3) is 4.09. The van der Waals surface area contributed by atoms with Gasteiger partial charge in [-0.1, -0.05) is 18.2 Å². The standard InChI is InChI=1S/C15H20ClNS.ClH/c1-15(2,3)17(9-8-16)10-12-11-18-14-7-5-4-6-13(12)14;/h4-7,11H,8-10H2,1-3H3;1H. The van der Waals surface area contributed by atoms with Gasteiger partial charge in [-0.15, -0.1) is 35.3 Å². The Morgan fingerprint density at radius 1 is 1.21 bits per heavy atom. The molecule has 0 bridgehead atoms. The second-order valence-corrected chi connectivity index (χ2v) is 6.83. The molecular weight excluding hydrogens is 297 g/mol. The molecule has 1 aromatic heterocycles. The Bertz CT molecular complexity index is 516. The van der Waals surface area contributed by atoms with Crippen molar-refractivity contribution in [3.05, 3.63) is 35.2 Å². The quantitative estimate of drug-likeness (QED) is 0.704. The molecule has 0 amide bonds. The van der Waals surface area contributed by atoms with Crippen molar-refractivity contribution in [3.63, 3.8) is 0 Å². The zero-order valence-electron chi connectivity index (χ0n) is 11.6. The summed E-state index contributed by atoms with van der Waals surface area (Å²) in [6.45, 7) is 8.63. The summed E-state index contributed by atoms with van der Waals surface area (Å²) in [5.74, 6) is 0.680. The maximum Gasteiger partial charge on any atom is 0.0351 e. The van der Waals surface area contributed by atoms with Crippen molar-refractivity contribution in [2.24, 2.45) is 0 Å². The van der Waals surface area contributed by atoms with Gasteiger partial charge < -0.3 is 0 Å². The largest absolute Gasteiger partial charge is 0.293 e. The number of halogens is 2. The highest BCUT2D eigenvalue weighted by Gasteiger charge is 2.21. The van der Waals surface area contributed by atoms with E-state index in [0.717, 1.165) is 13.1 Å². The van der Waals surface area contributed by atoms with Crippen LogP contribution in [0.1, 0.15) is 26.3 Å². The third-order valence-corrected chi connectivity index (χ3v) is 4.41. The maximum absolute atomic E-state index is 5.92. The summed E-state index contributed by atoms with van der Waals surface area (Å²) in [6, 6.07) is 8.61. The fourth-order valence-corrected chi connectivity index (χ4v) is 3.27. The smallest absolute Gasteiger partial charge is 0.0351 e. The van der Waals surface area contributed by atoms with E-state index in [1.165, 1.54) is 15.6 Å². The molecule has 2 aromatic rings. The van der Waals surface area contributed by atoms with E-state index in [4.69, 9.17) is 11.6 Å². The molecule has 0 saturated heterocycles. The summed E-state index contributed by atoms with van der Waals surface area (Å²) in [5, 5.41) is 3.66. The van der Waals surface area contributed by atoms with Crippen LogP contribution in [0.5, 0.6) is 0 Å². The van der Waals surface area contributed by atoms with E-state index in [1.54, 1.807) is 0 Å². The van der Waals surface area contributed by atoms with E-state index >= 15 is 0 Å². The Hall–Kier alpha value is -0.280. The summed E-state index contributed by atoms with van der Waals surface area (Å²) >= 11 is 7.75. The Morgan fingerprint density at radius 2 is 1.89 bits per heavy atom. The summed E-state index contributed by atoms with van der Waals surface area (Å²) in [6.07, 6.45) is 0. The monoisotopic (exact) mass is 317 g/mol. The molecule has 0 aliphatic rings. The van der Waals surface area contributed by atoms with Gasteiger partial charge in [0, 0.05) is 29.2 Å². The first-order valence-corrected chi connectivity index (χ1v) is 7.70. The number of fused-ring (bicyclic) bond motifs is 1. The molecule has 0 saturated carbocycles. The Morgan fingerprint density at radius 3 is 2.53 bits per heavy atom. The van der Waals surface area contributed by atoms with Gasteiger partial charge in [-0.05, 0) is 43.2 Å². The molecule has 19 heavy (non-hydrogen) atoms. The number of thiophene rings is 1.